The molecule has 5 heteroatoms. The normalized spacial score (nSPS) is 9.92. The third-order valence-corrected chi connectivity index (χ3v) is 1.50. The van der Waals surface area contributed by atoms with E-state index in [2.05, 4.69) is 10.3 Å². The summed E-state index contributed by atoms with van der Waals surface area (Å²) in [5.74, 6) is 0. The van der Waals surface area contributed by atoms with Gasteiger partial charge in [0.15, 0.2) is 0 Å². The van der Waals surface area contributed by atoms with E-state index in [1.54, 1.807) is 12.3 Å². The molecule has 0 saturated carbocycles. The van der Waals surface area contributed by atoms with Crippen molar-refractivity contribution in [3.05, 3.63) is 24.0 Å². The molecule has 4 nitrogen and oxygen atoms in total. The van der Waals surface area contributed by atoms with Gasteiger partial charge in [0.25, 0.3) is 0 Å². The molecule has 0 aliphatic heterocycles. The summed E-state index contributed by atoms with van der Waals surface area (Å²) in [6, 6.07) is 1.70. The summed E-state index contributed by atoms with van der Waals surface area (Å²) in [5, 5.41) is 20.6. The first-order valence-electron chi connectivity index (χ1n) is 3.68. The topological polar surface area (TPSA) is 65.4 Å². The SMILES string of the molecule is CNCc1cncc(B(O)O)c1. The van der Waals surface area contributed by atoms with Crippen LogP contribution in [0, 0.1) is 0 Å². The molecule has 0 bridgehead atoms. The molecule has 0 atom stereocenters. The van der Waals surface area contributed by atoms with Gasteiger partial charge < -0.3 is 15.4 Å². The third-order valence-electron chi connectivity index (χ3n) is 1.50. The van der Waals surface area contributed by atoms with Gasteiger partial charge in [-0.15, -0.1) is 0 Å². The van der Waals surface area contributed by atoms with E-state index in [9.17, 15) is 0 Å². The summed E-state index contributed by atoms with van der Waals surface area (Å²) < 4.78 is 0. The van der Waals surface area contributed by atoms with Crippen molar-refractivity contribution < 1.29 is 10.0 Å². The predicted molar refractivity (Wildman–Crippen MR) is 46.8 cm³/mol. The molecule has 0 unspecified atom stereocenters. The average molecular weight is 166 g/mol. The van der Waals surface area contributed by atoms with Crippen molar-refractivity contribution >= 4 is 12.6 Å². The maximum absolute atomic E-state index is 8.81. The maximum Gasteiger partial charge on any atom is 0.490 e. The van der Waals surface area contributed by atoms with Crippen molar-refractivity contribution in [1.82, 2.24) is 10.3 Å². The Morgan fingerprint density at radius 3 is 2.83 bits per heavy atom. The van der Waals surface area contributed by atoms with E-state index in [4.69, 9.17) is 10.0 Å². The molecule has 12 heavy (non-hydrogen) atoms. The van der Waals surface area contributed by atoms with Gasteiger partial charge in [-0.25, -0.2) is 0 Å². The van der Waals surface area contributed by atoms with Crippen molar-refractivity contribution in [1.29, 1.82) is 0 Å². The molecular formula is C7H11BN2O2. The van der Waals surface area contributed by atoms with Crippen LogP contribution in [0.5, 0.6) is 0 Å². The van der Waals surface area contributed by atoms with Gasteiger partial charge >= 0.3 is 7.12 Å². The highest BCUT2D eigenvalue weighted by Crippen LogP contribution is 1.92. The van der Waals surface area contributed by atoms with E-state index in [0.717, 1.165) is 5.56 Å². The molecule has 1 heterocycles. The number of nitrogens with zero attached hydrogens (tertiary/aromatic N) is 1. The maximum atomic E-state index is 8.81. The highest BCUT2D eigenvalue weighted by atomic mass is 16.4. The largest absolute Gasteiger partial charge is 0.490 e. The van der Waals surface area contributed by atoms with Gasteiger partial charge in [0, 0.05) is 24.4 Å². The molecule has 0 aromatic carbocycles. The van der Waals surface area contributed by atoms with Gasteiger partial charge in [-0.1, -0.05) is 6.07 Å². The Bertz CT molecular complexity index is 255. The van der Waals surface area contributed by atoms with Crippen LogP contribution in [-0.4, -0.2) is 29.2 Å². The molecule has 0 radical (unpaired) electrons. The first-order chi connectivity index (χ1) is 5.74. The van der Waals surface area contributed by atoms with Crippen LogP contribution in [0.3, 0.4) is 0 Å². The number of nitrogens with one attached hydrogen (secondary N) is 1. The highest BCUT2D eigenvalue weighted by Gasteiger charge is 2.10. The Morgan fingerprint density at radius 1 is 1.50 bits per heavy atom. The number of pyridine rings is 1. The second kappa shape index (κ2) is 4.20. The van der Waals surface area contributed by atoms with Crippen molar-refractivity contribution in [2.45, 2.75) is 6.54 Å². The van der Waals surface area contributed by atoms with E-state index >= 15 is 0 Å². The van der Waals surface area contributed by atoms with Crippen LogP contribution in [0.4, 0.5) is 0 Å². The minimum atomic E-state index is -1.44. The monoisotopic (exact) mass is 166 g/mol. The van der Waals surface area contributed by atoms with E-state index in [1.807, 2.05) is 7.05 Å². The van der Waals surface area contributed by atoms with Crippen molar-refractivity contribution in [3.8, 4) is 0 Å². The molecule has 0 saturated heterocycles. The molecule has 1 rings (SSSR count). The van der Waals surface area contributed by atoms with E-state index < -0.39 is 7.12 Å². The number of hydrogen-bond donors (Lipinski definition) is 3. The molecule has 0 spiro atoms. The van der Waals surface area contributed by atoms with Crippen LogP contribution in [0.25, 0.3) is 0 Å². The van der Waals surface area contributed by atoms with Crippen LogP contribution < -0.4 is 10.8 Å². The van der Waals surface area contributed by atoms with Gasteiger partial charge in [0.2, 0.25) is 0 Å². The first kappa shape index (κ1) is 9.19. The number of hydrogen-bond acceptors (Lipinski definition) is 4. The van der Waals surface area contributed by atoms with E-state index in [-0.39, 0.29) is 0 Å². The Balaban J connectivity index is 2.81. The van der Waals surface area contributed by atoms with Crippen molar-refractivity contribution in [2.75, 3.05) is 7.05 Å². The molecule has 64 valence electrons. The van der Waals surface area contributed by atoms with Crippen LogP contribution in [0.15, 0.2) is 18.5 Å². The predicted octanol–water partition coefficient (Wildman–Crippen LogP) is -1.52. The summed E-state index contributed by atoms with van der Waals surface area (Å²) in [6.07, 6.45) is 3.12. The Hall–Kier alpha value is -0.905. The quantitative estimate of drug-likeness (QED) is 0.477. The average Bonchev–Trinajstić information content (AvgIpc) is 2.05. The second-order valence-electron chi connectivity index (χ2n) is 2.53. The molecule has 0 aliphatic carbocycles. The van der Waals surface area contributed by atoms with Crippen LogP contribution in [-0.2, 0) is 6.54 Å². The summed E-state index contributed by atoms with van der Waals surface area (Å²) >= 11 is 0. The molecule has 1 aromatic rings. The molecule has 0 amide bonds. The lowest BCUT2D eigenvalue weighted by Crippen LogP contribution is -2.30. The number of rotatable bonds is 3. The smallest absolute Gasteiger partial charge is 0.423 e. The van der Waals surface area contributed by atoms with Crippen molar-refractivity contribution in [2.24, 2.45) is 0 Å². The molecule has 0 fully saturated rings. The van der Waals surface area contributed by atoms with Crippen LogP contribution in [0.2, 0.25) is 0 Å². The Morgan fingerprint density at radius 2 is 2.25 bits per heavy atom. The zero-order valence-corrected chi connectivity index (χ0v) is 6.86. The summed E-state index contributed by atoms with van der Waals surface area (Å²) in [5.41, 5.74) is 1.35. The van der Waals surface area contributed by atoms with Gasteiger partial charge in [0.1, 0.15) is 0 Å². The summed E-state index contributed by atoms with van der Waals surface area (Å²) in [4.78, 5) is 3.86. The van der Waals surface area contributed by atoms with Crippen LogP contribution >= 0.6 is 0 Å². The molecule has 1 aromatic heterocycles. The first-order valence-corrected chi connectivity index (χ1v) is 3.68. The van der Waals surface area contributed by atoms with Gasteiger partial charge in [-0.3, -0.25) is 4.98 Å². The van der Waals surface area contributed by atoms with Gasteiger partial charge in [0.05, 0.1) is 0 Å². The molecular weight excluding hydrogens is 155 g/mol. The zero-order chi connectivity index (χ0) is 8.97. The third kappa shape index (κ3) is 2.30. The van der Waals surface area contributed by atoms with Gasteiger partial charge in [-0.2, -0.15) is 0 Å². The lowest BCUT2D eigenvalue weighted by molar-refractivity contribution is 0.425. The fraction of sp³-hybridized carbons (Fsp3) is 0.286. The lowest BCUT2D eigenvalue weighted by Gasteiger charge is -2.02. The standard InChI is InChI=1S/C7H11BN2O2/c1-9-3-6-2-7(8(11)12)5-10-4-6/h2,4-5,9,11-12H,3H2,1H3. The summed E-state index contributed by atoms with van der Waals surface area (Å²) in [7, 11) is 0.386. The Labute approximate surface area is 71.4 Å². The van der Waals surface area contributed by atoms with E-state index in [0.29, 0.717) is 12.0 Å². The van der Waals surface area contributed by atoms with Crippen molar-refractivity contribution in [3.63, 3.8) is 0 Å². The fourth-order valence-electron chi connectivity index (χ4n) is 0.950. The Kier molecular flexibility index (Phi) is 3.22. The molecule has 3 N–H and O–H groups in total. The lowest BCUT2D eigenvalue weighted by atomic mass is 9.81. The van der Waals surface area contributed by atoms with Crippen LogP contribution in [0.1, 0.15) is 5.56 Å². The molecule has 0 aliphatic rings. The zero-order valence-electron chi connectivity index (χ0n) is 6.86. The highest BCUT2D eigenvalue weighted by molar-refractivity contribution is 6.58. The van der Waals surface area contributed by atoms with E-state index in [1.165, 1.54) is 6.20 Å². The minimum absolute atomic E-state index is 0.419. The second-order valence-corrected chi connectivity index (χ2v) is 2.53. The summed E-state index contributed by atoms with van der Waals surface area (Å²) in [6.45, 7) is 0.674. The number of aromatic nitrogens is 1. The fourth-order valence-corrected chi connectivity index (χ4v) is 0.950. The van der Waals surface area contributed by atoms with Gasteiger partial charge in [-0.05, 0) is 12.6 Å². The minimum Gasteiger partial charge on any atom is -0.423 e.